The molecule has 0 aromatic rings. The number of ether oxygens (including phenoxy) is 2. The van der Waals surface area contributed by atoms with Crippen molar-refractivity contribution in [3.05, 3.63) is 12.2 Å². The van der Waals surface area contributed by atoms with Crippen LogP contribution in [0.3, 0.4) is 0 Å². The fourth-order valence-electron chi connectivity index (χ4n) is 1.03. The molecule has 0 bridgehead atoms. The largest absolute Gasteiger partial charge is 0.462 e. The molecule has 0 aromatic heterocycles. The van der Waals surface area contributed by atoms with Crippen molar-refractivity contribution in [3.8, 4) is 0 Å². The molecule has 0 aliphatic carbocycles. The third kappa shape index (κ3) is 11.9. The van der Waals surface area contributed by atoms with E-state index in [4.69, 9.17) is 19.2 Å². The monoisotopic (exact) mass is 303 g/mol. The molecule has 1 N–H and O–H groups in total. The maximum absolute atomic E-state index is 11.3. The Hall–Kier alpha value is -1.60. The van der Waals surface area contributed by atoms with Crippen molar-refractivity contribution in [1.29, 1.82) is 0 Å². The standard InChI is InChI=1S/C14H25NO6/c1-5-12(4)13(16)18-8-9-19-14(17)15-6-7-20-21-10-11(2)3/h12H,2,5-10H2,1,3-4H3,(H,15,17). The van der Waals surface area contributed by atoms with Crippen molar-refractivity contribution < 1.29 is 28.8 Å². The van der Waals surface area contributed by atoms with Gasteiger partial charge in [0.25, 0.3) is 0 Å². The molecule has 1 amide bonds. The summed E-state index contributed by atoms with van der Waals surface area (Å²) in [6.45, 7) is 9.97. The molecule has 21 heavy (non-hydrogen) atoms. The van der Waals surface area contributed by atoms with Crippen molar-refractivity contribution in [1.82, 2.24) is 5.32 Å². The van der Waals surface area contributed by atoms with E-state index in [1.54, 1.807) is 6.92 Å². The lowest BCUT2D eigenvalue weighted by Gasteiger charge is -2.10. The number of alkyl carbamates (subject to hydrolysis) is 1. The minimum Gasteiger partial charge on any atom is -0.462 e. The van der Waals surface area contributed by atoms with Crippen LogP contribution in [0.5, 0.6) is 0 Å². The van der Waals surface area contributed by atoms with E-state index in [-0.39, 0.29) is 38.3 Å². The molecule has 122 valence electrons. The number of hydrogen-bond donors (Lipinski definition) is 1. The molecule has 0 radical (unpaired) electrons. The maximum Gasteiger partial charge on any atom is 0.407 e. The fourth-order valence-corrected chi connectivity index (χ4v) is 1.03. The first-order valence-electron chi connectivity index (χ1n) is 6.93. The Morgan fingerprint density at radius 1 is 1.14 bits per heavy atom. The van der Waals surface area contributed by atoms with Gasteiger partial charge in [-0.3, -0.25) is 4.79 Å². The number of carbonyl (C=O) groups is 2. The van der Waals surface area contributed by atoms with E-state index in [1.807, 2.05) is 13.8 Å². The van der Waals surface area contributed by atoms with Gasteiger partial charge in [0.2, 0.25) is 0 Å². The predicted octanol–water partition coefficient (Wildman–Crippen LogP) is 1.83. The van der Waals surface area contributed by atoms with Gasteiger partial charge in [0.1, 0.15) is 19.8 Å². The van der Waals surface area contributed by atoms with E-state index in [2.05, 4.69) is 11.9 Å². The van der Waals surface area contributed by atoms with Crippen LogP contribution < -0.4 is 5.32 Å². The minimum atomic E-state index is -0.599. The zero-order chi connectivity index (χ0) is 16.1. The summed E-state index contributed by atoms with van der Waals surface area (Å²) < 4.78 is 9.74. The molecule has 0 heterocycles. The molecule has 7 heteroatoms. The molecule has 0 aromatic carbocycles. The van der Waals surface area contributed by atoms with Crippen LogP contribution in [0.2, 0.25) is 0 Å². The van der Waals surface area contributed by atoms with Gasteiger partial charge in [0.05, 0.1) is 12.5 Å². The molecule has 0 spiro atoms. The summed E-state index contributed by atoms with van der Waals surface area (Å²) >= 11 is 0. The van der Waals surface area contributed by atoms with Crippen LogP contribution in [0.25, 0.3) is 0 Å². The Bertz CT molecular complexity index is 331. The van der Waals surface area contributed by atoms with Crippen LogP contribution in [-0.4, -0.2) is 45.0 Å². The van der Waals surface area contributed by atoms with Crippen LogP contribution in [0.1, 0.15) is 27.2 Å². The van der Waals surface area contributed by atoms with Crippen molar-refractivity contribution in [3.63, 3.8) is 0 Å². The van der Waals surface area contributed by atoms with Crippen LogP contribution >= 0.6 is 0 Å². The molecule has 0 aliphatic rings. The van der Waals surface area contributed by atoms with Gasteiger partial charge in [0.15, 0.2) is 0 Å². The van der Waals surface area contributed by atoms with Gasteiger partial charge in [-0.2, -0.15) is 0 Å². The number of carbonyl (C=O) groups excluding carboxylic acids is 2. The van der Waals surface area contributed by atoms with Gasteiger partial charge in [-0.05, 0) is 13.3 Å². The molecule has 0 aliphatic heterocycles. The molecule has 0 rings (SSSR count). The summed E-state index contributed by atoms with van der Waals surface area (Å²) in [5, 5.41) is 2.46. The summed E-state index contributed by atoms with van der Waals surface area (Å²) in [5.74, 6) is -0.431. The average molecular weight is 303 g/mol. The first kappa shape index (κ1) is 19.4. The second-order valence-corrected chi connectivity index (χ2v) is 4.58. The van der Waals surface area contributed by atoms with Crippen molar-refractivity contribution in [2.75, 3.05) is 33.0 Å². The Morgan fingerprint density at radius 3 is 2.43 bits per heavy atom. The van der Waals surface area contributed by atoms with Crippen molar-refractivity contribution in [2.45, 2.75) is 27.2 Å². The SMILES string of the molecule is C=C(C)COOCCNC(=O)OCCOC(=O)C(C)CC. The minimum absolute atomic E-state index is 0.0149. The number of hydrogen-bond acceptors (Lipinski definition) is 6. The molecule has 1 atom stereocenters. The van der Waals surface area contributed by atoms with E-state index in [0.29, 0.717) is 13.0 Å². The molecule has 1 unspecified atom stereocenters. The highest BCUT2D eigenvalue weighted by molar-refractivity contribution is 5.71. The molecule has 0 fully saturated rings. The van der Waals surface area contributed by atoms with Gasteiger partial charge in [-0.15, -0.1) is 0 Å². The van der Waals surface area contributed by atoms with Crippen molar-refractivity contribution >= 4 is 12.1 Å². The number of rotatable bonds is 11. The van der Waals surface area contributed by atoms with Gasteiger partial charge < -0.3 is 14.8 Å². The summed E-state index contributed by atoms with van der Waals surface area (Å²) in [4.78, 5) is 32.1. The Balaban J connectivity index is 3.42. The van der Waals surface area contributed by atoms with Crippen LogP contribution in [-0.2, 0) is 24.0 Å². The lowest BCUT2D eigenvalue weighted by Crippen LogP contribution is -2.29. The summed E-state index contributed by atoms with van der Waals surface area (Å²) in [6.07, 6.45) is 0.117. The second kappa shape index (κ2) is 12.2. The van der Waals surface area contributed by atoms with Gasteiger partial charge >= 0.3 is 12.1 Å². The van der Waals surface area contributed by atoms with E-state index in [9.17, 15) is 9.59 Å². The highest BCUT2D eigenvalue weighted by Gasteiger charge is 2.11. The third-order valence-electron chi connectivity index (χ3n) is 2.42. The van der Waals surface area contributed by atoms with Gasteiger partial charge in [0, 0.05) is 6.54 Å². The highest BCUT2D eigenvalue weighted by Crippen LogP contribution is 2.02. The topological polar surface area (TPSA) is 83.1 Å². The number of amides is 1. The van der Waals surface area contributed by atoms with E-state index in [1.165, 1.54) is 0 Å². The lowest BCUT2D eigenvalue weighted by atomic mass is 10.1. The third-order valence-corrected chi connectivity index (χ3v) is 2.42. The fraction of sp³-hybridized carbons (Fsp3) is 0.714. The summed E-state index contributed by atoms with van der Waals surface area (Å²) in [7, 11) is 0. The van der Waals surface area contributed by atoms with Crippen LogP contribution in [0, 0.1) is 5.92 Å². The van der Waals surface area contributed by atoms with Gasteiger partial charge in [-0.1, -0.05) is 26.0 Å². The Morgan fingerprint density at radius 2 is 1.81 bits per heavy atom. The Kier molecular flexibility index (Phi) is 11.2. The second-order valence-electron chi connectivity index (χ2n) is 4.58. The first-order valence-corrected chi connectivity index (χ1v) is 6.93. The first-order chi connectivity index (χ1) is 9.97. The summed E-state index contributed by atoms with van der Waals surface area (Å²) in [5.41, 5.74) is 0.842. The quantitative estimate of drug-likeness (QED) is 0.206. The normalized spacial score (nSPS) is 11.6. The molecule has 0 saturated carbocycles. The van der Waals surface area contributed by atoms with Crippen LogP contribution in [0.15, 0.2) is 12.2 Å². The van der Waals surface area contributed by atoms with Crippen LogP contribution in [0.4, 0.5) is 4.79 Å². The van der Waals surface area contributed by atoms with Crippen molar-refractivity contribution in [2.24, 2.45) is 5.92 Å². The lowest BCUT2D eigenvalue weighted by molar-refractivity contribution is -0.286. The predicted molar refractivity (Wildman–Crippen MR) is 76.5 cm³/mol. The number of esters is 1. The molecular weight excluding hydrogens is 278 g/mol. The molecule has 0 saturated heterocycles. The highest BCUT2D eigenvalue weighted by atomic mass is 17.2. The average Bonchev–Trinajstić information content (AvgIpc) is 2.45. The number of nitrogens with one attached hydrogen (secondary N) is 1. The molecule has 7 nitrogen and oxygen atoms in total. The molecular formula is C14H25NO6. The zero-order valence-electron chi connectivity index (χ0n) is 13.0. The smallest absolute Gasteiger partial charge is 0.407 e. The zero-order valence-corrected chi connectivity index (χ0v) is 13.0. The van der Waals surface area contributed by atoms with Gasteiger partial charge in [-0.25, -0.2) is 14.6 Å². The van der Waals surface area contributed by atoms with E-state index >= 15 is 0 Å². The maximum atomic E-state index is 11.3. The Labute approximate surface area is 125 Å². The van der Waals surface area contributed by atoms with E-state index in [0.717, 1.165) is 5.57 Å². The van der Waals surface area contributed by atoms with E-state index < -0.39 is 6.09 Å². The summed E-state index contributed by atoms with van der Waals surface area (Å²) in [6, 6.07) is 0.